The number of rotatable bonds is 6. The molecule has 2 N–H and O–H groups in total. The first kappa shape index (κ1) is 19.3. The summed E-state index contributed by atoms with van der Waals surface area (Å²) in [5.41, 5.74) is -0.402. The number of para-hydroxylation sites is 1. The van der Waals surface area contributed by atoms with Gasteiger partial charge in [-0.1, -0.05) is 19.9 Å². The number of nitrogens with one attached hydrogen (secondary N) is 2. The van der Waals surface area contributed by atoms with Crippen molar-refractivity contribution in [1.82, 2.24) is 5.32 Å². The molecule has 2 rings (SSSR count). The lowest BCUT2D eigenvalue weighted by molar-refractivity contribution is -0.128. The van der Waals surface area contributed by atoms with Gasteiger partial charge in [0.2, 0.25) is 11.8 Å². The molecule has 1 saturated carbocycles. The number of hydrogen-bond donors (Lipinski definition) is 2. The van der Waals surface area contributed by atoms with Crippen LogP contribution in [-0.2, 0) is 9.59 Å². The van der Waals surface area contributed by atoms with E-state index in [1.165, 1.54) is 6.07 Å². The molecule has 0 aromatic heterocycles. The number of halogens is 2. The molecule has 0 aliphatic heterocycles. The van der Waals surface area contributed by atoms with Gasteiger partial charge < -0.3 is 10.6 Å². The molecule has 4 nitrogen and oxygen atoms in total. The van der Waals surface area contributed by atoms with Crippen LogP contribution in [0.3, 0.4) is 0 Å². The van der Waals surface area contributed by atoms with Crippen molar-refractivity contribution in [3.05, 3.63) is 29.8 Å². The number of carbonyl (C=O) groups is 2. The summed E-state index contributed by atoms with van der Waals surface area (Å²) in [5.74, 6) is -1.78. The third-order valence-electron chi connectivity index (χ3n) is 4.70. The highest BCUT2D eigenvalue weighted by molar-refractivity contribution is 5.93. The Hall–Kier alpha value is -1.98. The van der Waals surface area contributed by atoms with Gasteiger partial charge in [-0.25, -0.2) is 8.78 Å². The lowest BCUT2D eigenvalue weighted by Gasteiger charge is -2.27. The van der Waals surface area contributed by atoms with E-state index in [9.17, 15) is 18.4 Å². The smallest absolute Gasteiger partial charge is 0.227 e. The second kappa shape index (κ2) is 8.92. The Morgan fingerprint density at radius 1 is 1.04 bits per heavy atom. The summed E-state index contributed by atoms with van der Waals surface area (Å²) in [4.78, 5) is 24.4. The normalized spacial score (nSPS) is 20.4. The summed E-state index contributed by atoms with van der Waals surface area (Å²) in [6, 6.07) is 3.47. The topological polar surface area (TPSA) is 58.2 Å². The van der Waals surface area contributed by atoms with Crippen molar-refractivity contribution in [3.8, 4) is 0 Å². The quantitative estimate of drug-likeness (QED) is 0.816. The molecule has 0 unspecified atom stereocenters. The van der Waals surface area contributed by atoms with Crippen LogP contribution in [0.1, 0.15) is 46.0 Å². The summed E-state index contributed by atoms with van der Waals surface area (Å²) in [7, 11) is 0. The SMILES string of the molecule is CC(C)CCNC(=O)C1CCC(C(=O)Nc2c(F)cccc2F)CC1. The highest BCUT2D eigenvalue weighted by atomic mass is 19.1. The molecule has 1 aliphatic rings. The Bertz CT molecular complexity index is 591. The molecule has 138 valence electrons. The fourth-order valence-corrected chi connectivity index (χ4v) is 3.09. The first-order valence-corrected chi connectivity index (χ1v) is 8.91. The third kappa shape index (κ3) is 5.51. The summed E-state index contributed by atoms with van der Waals surface area (Å²) < 4.78 is 27.2. The standard InChI is InChI=1S/C19H26F2N2O2/c1-12(2)10-11-22-18(24)13-6-8-14(9-7-13)19(25)23-17-15(20)4-3-5-16(17)21/h3-5,12-14H,6-11H2,1-2H3,(H,22,24)(H,23,25). The van der Waals surface area contributed by atoms with Crippen molar-refractivity contribution in [1.29, 1.82) is 0 Å². The van der Waals surface area contributed by atoms with E-state index in [4.69, 9.17) is 0 Å². The average Bonchev–Trinajstić information content (AvgIpc) is 2.58. The van der Waals surface area contributed by atoms with E-state index in [2.05, 4.69) is 24.5 Å². The fourth-order valence-electron chi connectivity index (χ4n) is 3.09. The predicted molar refractivity (Wildman–Crippen MR) is 92.9 cm³/mol. The largest absolute Gasteiger partial charge is 0.356 e. The molecule has 25 heavy (non-hydrogen) atoms. The minimum absolute atomic E-state index is 0.0413. The molecule has 1 aliphatic carbocycles. The Morgan fingerprint density at radius 3 is 2.08 bits per heavy atom. The zero-order valence-corrected chi connectivity index (χ0v) is 14.8. The third-order valence-corrected chi connectivity index (χ3v) is 4.70. The lowest BCUT2D eigenvalue weighted by Crippen LogP contribution is -2.36. The Kier molecular flexibility index (Phi) is 6.91. The highest BCUT2D eigenvalue weighted by Gasteiger charge is 2.30. The molecule has 0 radical (unpaired) electrons. The van der Waals surface area contributed by atoms with Gasteiger partial charge in [0.1, 0.15) is 17.3 Å². The average molecular weight is 352 g/mol. The molecule has 1 aromatic carbocycles. The van der Waals surface area contributed by atoms with Crippen LogP contribution >= 0.6 is 0 Å². The first-order valence-electron chi connectivity index (χ1n) is 8.91. The summed E-state index contributed by atoms with van der Waals surface area (Å²) >= 11 is 0. The highest BCUT2D eigenvalue weighted by Crippen LogP contribution is 2.30. The van der Waals surface area contributed by atoms with E-state index in [0.29, 0.717) is 38.1 Å². The van der Waals surface area contributed by atoms with Crippen molar-refractivity contribution < 1.29 is 18.4 Å². The maximum atomic E-state index is 13.6. The molecule has 0 heterocycles. The monoisotopic (exact) mass is 352 g/mol. The molecule has 0 saturated heterocycles. The Balaban J connectivity index is 1.81. The van der Waals surface area contributed by atoms with Crippen LogP contribution in [0.4, 0.5) is 14.5 Å². The van der Waals surface area contributed by atoms with Crippen molar-refractivity contribution in [3.63, 3.8) is 0 Å². The van der Waals surface area contributed by atoms with E-state index < -0.39 is 17.3 Å². The number of hydrogen-bond acceptors (Lipinski definition) is 2. The number of carbonyl (C=O) groups excluding carboxylic acids is 2. The van der Waals surface area contributed by atoms with E-state index in [1.807, 2.05) is 0 Å². The molecule has 1 aromatic rings. The van der Waals surface area contributed by atoms with Crippen molar-refractivity contribution in [2.75, 3.05) is 11.9 Å². The first-order chi connectivity index (χ1) is 11.9. The molecular formula is C19H26F2N2O2. The van der Waals surface area contributed by atoms with E-state index in [0.717, 1.165) is 18.6 Å². The van der Waals surface area contributed by atoms with E-state index in [-0.39, 0.29) is 23.7 Å². The molecule has 6 heteroatoms. The van der Waals surface area contributed by atoms with Gasteiger partial charge in [-0.3, -0.25) is 9.59 Å². The van der Waals surface area contributed by atoms with Gasteiger partial charge in [0.05, 0.1) is 0 Å². The fraction of sp³-hybridized carbons (Fsp3) is 0.579. The van der Waals surface area contributed by atoms with Gasteiger partial charge in [-0.15, -0.1) is 0 Å². The van der Waals surface area contributed by atoms with Crippen LogP contribution in [-0.4, -0.2) is 18.4 Å². The molecule has 0 atom stereocenters. The van der Waals surface area contributed by atoms with Crippen LogP contribution in [0, 0.1) is 29.4 Å². The van der Waals surface area contributed by atoms with Crippen molar-refractivity contribution in [2.24, 2.45) is 17.8 Å². The zero-order chi connectivity index (χ0) is 18.4. The molecule has 0 spiro atoms. The number of anilines is 1. The second-order valence-electron chi connectivity index (χ2n) is 7.11. The minimum Gasteiger partial charge on any atom is -0.356 e. The van der Waals surface area contributed by atoms with Gasteiger partial charge in [-0.2, -0.15) is 0 Å². The molecule has 1 fully saturated rings. The summed E-state index contributed by atoms with van der Waals surface area (Å²) in [5, 5.41) is 5.29. The summed E-state index contributed by atoms with van der Waals surface area (Å²) in [6.07, 6.45) is 3.27. The minimum atomic E-state index is -0.786. The van der Waals surface area contributed by atoms with Crippen molar-refractivity contribution in [2.45, 2.75) is 46.0 Å². The van der Waals surface area contributed by atoms with Crippen LogP contribution in [0.15, 0.2) is 18.2 Å². The molecule has 2 amide bonds. The van der Waals surface area contributed by atoms with Crippen LogP contribution in [0.25, 0.3) is 0 Å². The molecular weight excluding hydrogens is 326 g/mol. The van der Waals surface area contributed by atoms with Gasteiger partial charge >= 0.3 is 0 Å². The number of amides is 2. The van der Waals surface area contributed by atoms with E-state index in [1.54, 1.807) is 0 Å². The zero-order valence-electron chi connectivity index (χ0n) is 14.8. The van der Waals surface area contributed by atoms with E-state index >= 15 is 0 Å². The lowest BCUT2D eigenvalue weighted by atomic mass is 9.81. The van der Waals surface area contributed by atoms with Crippen LogP contribution < -0.4 is 10.6 Å². The maximum absolute atomic E-state index is 13.6. The molecule has 0 bridgehead atoms. The van der Waals surface area contributed by atoms with Crippen LogP contribution in [0.2, 0.25) is 0 Å². The Morgan fingerprint density at radius 2 is 1.56 bits per heavy atom. The van der Waals surface area contributed by atoms with Gasteiger partial charge in [-0.05, 0) is 50.2 Å². The van der Waals surface area contributed by atoms with Crippen molar-refractivity contribution >= 4 is 17.5 Å². The second-order valence-corrected chi connectivity index (χ2v) is 7.11. The number of benzene rings is 1. The van der Waals surface area contributed by atoms with Gasteiger partial charge in [0, 0.05) is 18.4 Å². The van der Waals surface area contributed by atoms with Gasteiger partial charge in [0.15, 0.2) is 0 Å². The maximum Gasteiger partial charge on any atom is 0.227 e. The predicted octanol–water partition coefficient (Wildman–Crippen LogP) is 3.87. The van der Waals surface area contributed by atoms with Crippen LogP contribution in [0.5, 0.6) is 0 Å². The summed E-state index contributed by atoms with van der Waals surface area (Å²) in [6.45, 7) is 4.88. The van der Waals surface area contributed by atoms with Gasteiger partial charge in [0.25, 0.3) is 0 Å². The Labute approximate surface area is 147 Å².